The maximum absolute atomic E-state index is 11.9. The predicted octanol–water partition coefficient (Wildman–Crippen LogP) is -0.411. The third-order valence-corrected chi connectivity index (χ3v) is 5.00. The highest BCUT2D eigenvalue weighted by Crippen LogP contribution is 2.25. The molecule has 12 heteroatoms. The zero-order valence-corrected chi connectivity index (χ0v) is 17.6. The molecule has 33 heavy (non-hydrogen) atoms. The van der Waals surface area contributed by atoms with E-state index in [-0.39, 0.29) is 23.6 Å². The van der Waals surface area contributed by atoms with Crippen molar-refractivity contribution in [2.45, 2.75) is 13.5 Å². The maximum Gasteiger partial charge on any atom is 0.488 e. The molecule has 3 aromatic heterocycles. The number of nitrogens with two attached hydrogens (primary N) is 2. The van der Waals surface area contributed by atoms with E-state index in [9.17, 15) is 19.6 Å². The number of hydrogen-bond donors (Lipinski definition) is 5. The van der Waals surface area contributed by atoms with E-state index in [1.165, 1.54) is 6.07 Å². The molecule has 7 N–H and O–H groups in total. The van der Waals surface area contributed by atoms with Gasteiger partial charge >= 0.3 is 7.12 Å². The van der Waals surface area contributed by atoms with Crippen molar-refractivity contribution in [3.8, 4) is 11.5 Å². The Hall–Kier alpha value is -4.29. The Morgan fingerprint density at radius 3 is 2.55 bits per heavy atom. The van der Waals surface area contributed by atoms with Crippen molar-refractivity contribution in [2.75, 3.05) is 5.32 Å². The Balaban J connectivity index is 1.76. The van der Waals surface area contributed by atoms with E-state index in [4.69, 9.17) is 11.5 Å². The van der Waals surface area contributed by atoms with Gasteiger partial charge in [-0.25, -0.2) is 15.0 Å². The summed E-state index contributed by atoms with van der Waals surface area (Å²) in [5.41, 5.74) is 13.6. The number of amides is 2. The third-order valence-electron chi connectivity index (χ3n) is 5.00. The average Bonchev–Trinajstić information content (AvgIpc) is 3.13. The normalized spacial score (nSPS) is 10.9. The van der Waals surface area contributed by atoms with Gasteiger partial charge in [-0.05, 0) is 30.1 Å². The molecule has 3 heterocycles. The van der Waals surface area contributed by atoms with Crippen LogP contribution in [0.25, 0.3) is 17.2 Å². The second kappa shape index (κ2) is 8.69. The number of fused-ring (bicyclic) bond motifs is 1. The summed E-state index contributed by atoms with van der Waals surface area (Å²) >= 11 is 0. The molecule has 2 amide bonds. The number of hydrogen-bond acceptors (Lipinski definition) is 8. The molecule has 1 aromatic carbocycles. The molecular formula is C21H20BN7O4. The number of aromatic nitrogens is 4. The van der Waals surface area contributed by atoms with Gasteiger partial charge in [0.2, 0.25) is 0 Å². The standard InChI is InChI=1S/C21H20BN7O4/c1-11-17(29-7-3-6-14(18(23)30)21(29)26-11)20-27-15(19(24)31)9-16(28-20)25-10-12-4-2-5-13(8-12)22(32)33/h2-9,32-33H,10H2,1H3,(H2,23,30)(H2,24,31)(H,25,27,28). The number of aryl methyl sites for hydroxylation is 1. The summed E-state index contributed by atoms with van der Waals surface area (Å²) in [6.07, 6.45) is 1.69. The molecule has 0 aliphatic carbocycles. The molecule has 0 saturated carbocycles. The molecule has 166 valence electrons. The van der Waals surface area contributed by atoms with Gasteiger partial charge < -0.3 is 26.8 Å². The number of imidazole rings is 1. The Morgan fingerprint density at radius 2 is 1.85 bits per heavy atom. The molecule has 4 rings (SSSR count). The Morgan fingerprint density at radius 1 is 1.06 bits per heavy atom. The lowest BCUT2D eigenvalue weighted by molar-refractivity contribution is 0.0989. The summed E-state index contributed by atoms with van der Waals surface area (Å²) in [6.45, 7) is 2.01. The van der Waals surface area contributed by atoms with Crippen LogP contribution in [0.2, 0.25) is 0 Å². The van der Waals surface area contributed by atoms with Gasteiger partial charge in [-0.15, -0.1) is 0 Å². The smallest absolute Gasteiger partial charge is 0.423 e. The van der Waals surface area contributed by atoms with Crippen molar-refractivity contribution >= 4 is 35.9 Å². The molecular weight excluding hydrogens is 425 g/mol. The largest absolute Gasteiger partial charge is 0.488 e. The fraction of sp³-hybridized carbons (Fsp3) is 0.0952. The fourth-order valence-electron chi connectivity index (χ4n) is 3.47. The Bertz CT molecular complexity index is 1390. The predicted molar refractivity (Wildman–Crippen MR) is 122 cm³/mol. The summed E-state index contributed by atoms with van der Waals surface area (Å²) in [6, 6.07) is 11.4. The number of anilines is 1. The second-order valence-electron chi connectivity index (χ2n) is 7.32. The van der Waals surface area contributed by atoms with E-state index in [0.717, 1.165) is 5.56 Å². The highest BCUT2D eigenvalue weighted by molar-refractivity contribution is 6.58. The lowest BCUT2D eigenvalue weighted by Gasteiger charge is -2.11. The number of benzene rings is 1. The van der Waals surface area contributed by atoms with Crippen molar-refractivity contribution in [3.05, 3.63) is 71.2 Å². The van der Waals surface area contributed by atoms with Crippen LogP contribution in [0.1, 0.15) is 32.1 Å². The minimum atomic E-state index is -1.58. The van der Waals surface area contributed by atoms with Crippen molar-refractivity contribution in [3.63, 3.8) is 0 Å². The molecule has 0 spiro atoms. The average molecular weight is 445 g/mol. The summed E-state index contributed by atoms with van der Waals surface area (Å²) in [5, 5.41) is 21.8. The van der Waals surface area contributed by atoms with Crippen molar-refractivity contribution in [1.29, 1.82) is 0 Å². The molecule has 0 saturated heterocycles. The van der Waals surface area contributed by atoms with Crippen LogP contribution in [0.3, 0.4) is 0 Å². The molecule has 0 atom stereocenters. The van der Waals surface area contributed by atoms with Crippen LogP contribution in [0, 0.1) is 6.92 Å². The molecule has 0 fully saturated rings. The van der Waals surface area contributed by atoms with Crippen LogP contribution in [-0.2, 0) is 6.54 Å². The minimum Gasteiger partial charge on any atom is -0.423 e. The van der Waals surface area contributed by atoms with Crippen LogP contribution in [0.15, 0.2) is 48.7 Å². The lowest BCUT2D eigenvalue weighted by atomic mass is 9.80. The zero-order valence-electron chi connectivity index (χ0n) is 17.6. The summed E-state index contributed by atoms with van der Waals surface area (Å²) in [5.74, 6) is -0.859. The third kappa shape index (κ3) is 4.38. The number of primary amides is 2. The van der Waals surface area contributed by atoms with E-state index < -0.39 is 18.9 Å². The molecule has 11 nitrogen and oxygen atoms in total. The first-order valence-corrected chi connectivity index (χ1v) is 9.90. The van der Waals surface area contributed by atoms with Crippen molar-refractivity contribution in [2.24, 2.45) is 11.5 Å². The topological polar surface area (TPSA) is 182 Å². The van der Waals surface area contributed by atoms with E-state index in [1.807, 2.05) is 0 Å². The molecule has 0 aliphatic heterocycles. The number of rotatable bonds is 7. The fourth-order valence-corrected chi connectivity index (χ4v) is 3.47. The van der Waals surface area contributed by atoms with Gasteiger partial charge in [0.1, 0.15) is 22.9 Å². The maximum atomic E-state index is 11.9. The minimum absolute atomic E-state index is 0.0116. The molecule has 0 radical (unpaired) electrons. The molecule has 0 bridgehead atoms. The Kier molecular flexibility index (Phi) is 5.77. The number of nitrogens with one attached hydrogen (secondary N) is 1. The monoisotopic (exact) mass is 445 g/mol. The lowest BCUT2D eigenvalue weighted by Crippen LogP contribution is -2.30. The number of carbonyl (C=O) groups excluding carboxylic acids is 2. The first-order valence-electron chi connectivity index (χ1n) is 9.90. The van der Waals surface area contributed by atoms with Crippen LogP contribution in [0.4, 0.5) is 5.82 Å². The van der Waals surface area contributed by atoms with Gasteiger partial charge in [0, 0.05) is 18.8 Å². The number of pyridine rings is 1. The van der Waals surface area contributed by atoms with Gasteiger partial charge in [0.25, 0.3) is 11.8 Å². The van der Waals surface area contributed by atoms with Crippen molar-refractivity contribution < 1.29 is 19.6 Å². The van der Waals surface area contributed by atoms with Gasteiger partial charge in [-0.2, -0.15) is 0 Å². The van der Waals surface area contributed by atoms with Gasteiger partial charge in [-0.3, -0.25) is 14.0 Å². The Labute approximate surface area is 188 Å². The van der Waals surface area contributed by atoms with Gasteiger partial charge in [-0.1, -0.05) is 24.3 Å². The van der Waals surface area contributed by atoms with Crippen molar-refractivity contribution in [1.82, 2.24) is 19.4 Å². The zero-order chi connectivity index (χ0) is 23.7. The summed E-state index contributed by atoms with van der Waals surface area (Å²) in [7, 11) is -1.58. The van der Waals surface area contributed by atoms with Gasteiger partial charge in [0.05, 0.1) is 11.3 Å². The first-order chi connectivity index (χ1) is 15.7. The summed E-state index contributed by atoms with van der Waals surface area (Å²) in [4.78, 5) is 36.9. The van der Waals surface area contributed by atoms with Crippen LogP contribution in [-0.4, -0.2) is 48.3 Å². The van der Waals surface area contributed by atoms with E-state index in [2.05, 4.69) is 20.3 Å². The first kappa shape index (κ1) is 21.9. The van der Waals surface area contributed by atoms with Crippen LogP contribution < -0.4 is 22.2 Å². The summed E-state index contributed by atoms with van der Waals surface area (Å²) < 4.78 is 1.63. The van der Waals surface area contributed by atoms with E-state index in [1.54, 1.807) is 53.9 Å². The quantitative estimate of drug-likeness (QED) is 0.238. The SMILES string of the molecule is Cc1nc2c(C(N)=O)cccn2c1-c1nc(NCc2cccc(B(O)O)c2)cc(C(N)=O)n1. The highest BCUT2D eigenvalue weighted by atomic mass is 16.4. The molecule has 4 aromatic rings. The molecule has 0 unspecified atom stereocenters. The number of carbonyl (C=O) groups is 2. The van der Waals surface area contributed by atoms with E-state index >= 15 is 0 Å². The van der Waals surface area contributed by atoms with Gasteiger partial charge in [0.15, 0.2) is 5.82 Å². The highest BCUT2D eigenvalue weighted by Gasteiger charge is 2.20. The van der Waals surface area contributed by atoms with Crippen LogP contribution in [0.5, 0.6) is 0 Å². The molecule has 0 aliphatic rings. The van der Waals surface area contributed by atoms with E-state index in [0.29, 0.717) is 28.3 Å². The van der Waals surface area contributed by atoms with Crippen LogP contribution >= 0.6 is 0 Å². The number of nitrogens with zero attached hydrogens (tertiary/aromatic N) is 4. The second-order valence-corrected chi connectivity index (χ2v) is 7.32.